The summed E-state index contributed by atoms with van der Waals surface area (Å²) in [5.74, 6) is 0. The van der Waals surface area contributed by atoms with Gasteiger partial charge in [-0.2, -0.15) is 0 Å². The molecule has 0 aromatic heterocycles. The molecule has 0 aliphatic rings. The Morgan fingerprint density at radius 1 is 1.00 bits per heavy atom. The van der Waals surface area contributed by atoms with E-state index in [2.05, 4.69) is 40.2 Å². The van der Waals surface area contributed by atoms with Crippen molar-refractivity contribution in [3.05, 3.63) is 33.9 Å². The second-order valence-electron chi connectivity index (χ2n) is 2.05. The summed E-state index contributed by atoms with van der Waals surface area (Å²) < 4.78 is 1.57. The predicted octanol–water partition coefficient (Wildman–Crippen LogP) is 2.62. The molecule has 1 heteroatoms. The summed E-state index contributed by atoms with van der Waals surface area (Å²) in [5, 5.41) is 0. The first-order chi connectivity index (χ1) is 4.30. The van der Waals surface area contributed by atoms with Crippen LogP contribution in [0.15, 0.2) is 30.3 Å². The zero-order valence-corrected chi connectivity index (χ0v) is 7.92. The van der Waals surface area contributed by atoms with E-state index in [1.54, 1.807) is 3.57 Å². The second kappa shape index (κ2) is 3.20. The Balaban J connectivity index is 2.85. The molecule has 1 rings (SSSR count). The van der Waals surface area contributed by atoms with Crippen LogP contribution in [0, 0.1) is 3.57 Å². The number of hydrogen-bond acceptors (Lipinski definition) is 0. The van der Waals surface area contributed by atoms with Crippen LogP contribution in [-0.2, 0) is 0 Å². The van der Waals surface area contributed by atoms with Gasteiger partial charge in [0.2, 0.25) is 0 Å². The second-order valence-corrected chi connectivity index (χ2v) is 7.61. The first-order valence-corrected chi connectivity index (χ1v) is 8.25. The Bertz CT molecular complexity index is 167. The van der Waals surface area contributed by atoms with Crippen LogP contribution in [-0.4, -0.2) is 9.86 Å². The van der Waals surface area contributed by atoms with Crippen LogP contribution < -0.4 is 0 Å². The Labute approximate surface area is 63.7 Å². The van der Waals surface area contributed by atoms with Gasteiger partial charge in [-0.3, -0.25) is 0 Å². The molecule has 0 aliphatic heterocycles. The molecule has 0 amide bonds. The Morgan fingerprint density at radius 3 is 1.89 bits per heavy atom. The van der Waals surface area contributed by atoms with Gasteiger partial charge < -0.3 is 0 Å². The minimum absolute atomic E-state index is 0.681. The van der Waals surface area contributed by atoms with Gasteiger partial charge in [-0.05, 0) is 0 Å². The van der Waals surface area contributed by atoms with Crippen LogP contribution in [0.25, 0.3) is 0 Å². The van der Waals surface area contributed by atoms with Gasteiger partial charge in [-0.25, -0.2) is 0 Å². The van der Waals surface area contributed by atoms with Crippen LogP contribution in [0.5, 0.6) is 0 Å². The molecule has 0 heterocycles. The molecular formula is C8H11I. The average molecular weight is 234 g/mol. The first kappa shape index (κ1) is 7.06. The molecule has 0 N–H and O–H groups in total. The quantitative estimate of drug-likeness (QED) is 0.517. The summed E-state index contributed by atoms with van der Waals surface area (Å²) in [6, 6.07) is 10.8. The molecule has 0 aliphatic carbocycles. The topological polar surface area (TPSA) is 0 Å². The van der Waals surface area contributed by atoms with Gasteiger partial charge in [0.05, 0.1) is 0 Å². The van der Waals surface area contributed by atoms with E-state index in [1.165, 1.54) is 0 Å². The summed E-state index contributed by atoms with van der Waals surface area (Å²) in [4.78, 5) is 4.72. The van der Waals surface area contributed by atoms with Crippen LogP contribution in [0.2, 0.25) is 0 Å². The Hall–Kier alpha value is -0.0500. The van der Waals surface area contributed by atoms with Crippen LogP contribution in [0.4, 0.5) is 0 Å². The molecule has 1 aromatic rings. The number of rotatable bonds is 1. The van der Waals surface area contributed by atoms with Crippen molar-refractivity contribution in [2.75, 3.05) is 9.86 Å². The van der Waals surface area contributed by atoms with E-state index >= 15 is 0 Å². The molecule has 0 nitrogen and oxygen atoms in total. The molecule has 0 unspecified atom stereocenters. The van der Waals surface area contributed by atoms with Crippen LogP contribution in [0.1, 0.15) is 0 Å². The molecule has 0 bridgehead atoms. The minimum atomic E-state index is -0.681. The predicted molar refractivity (Wildman–Crippen MR) is 51.0 cm³/mol. The van der Waals surface area contributed by atoms with Crippen LogP contribution in [0.3, 0.4) is 0 Å². The standard InChI is InChI=1S/C8H11I/c1-9(2)8-6-4-3-5-7-8/h3-7H,1-2H3. The molecule has 0 radical (unpaired) electrons. The van der Waals surface area contributed by atoms with Crippen molar-refractivity contribution in [3.8, 4) is 0 Å². The number of hydrogen-bond donors (Lipinski definition) is 0. The summed E-state index contributed by atoms with van der Waals surface area (Å²) in [6.07, 6.45) is 0. The van der Waals surface area contributed by atoms with Crippen molar-refractivity contribution in [2.45, 2.75) is 0 Å². The fraction of sp³-hybridized carbons (Fsp3) is 0.250. The van der Waals surface area contributed by atoms with Crippen molar-refractivity contribution >= 4 is 19.8 Å². The van der Waals surface area contributed by atoms with E-state index in [0.717, 1.165) is 0 Å². The van der Waals surface area contributed by atoms with Gasteiger partial charge in [-0.1, -0.05) is 0 Å². The van der Waals surface area contributed by atoms with Gasteiger partial charge in [0.1, 0.15) is 0 Å². The van der Waals surface area contributed by atoms with Gasteiger partial charge >= 0.3 is 63.6 Å². The van der Waals surface area contributed by atoms with E-state index in [1.807, 2.05) is 0 Å². The van der Waals surface area contributed by atoms with Crippen molar-refractivity contribution in [1.82, 2.24) is 0 Å². The fourth-order valence-corrected chi connectivity index (χ4v) is 2.52. The Kier molecular flexibility index (Phi) is 2.51. The van der Waals surface area contributed by atoms with E-state index in [9.17, 15) is 0 Å². The summed E-state index contributed by atoms with van der Waals surface area (Å²) in [6.45, 7) is 0. The maximum atomic E-state index is 2.36. The van der Waals surface area contributed by atoms with Crippen LogP contribution >= 0.6 is 19.8 Å². The maximum absolute atomic E-state index is 2.36. The normalized spacial score (nSPS) is 11.1. The average Bonchev–Trinajstić information content (AvgIpc) is 1.90. The monoisotopic (exact) mass is 234 g/mol. The molecule has 0 atom stereocenters. The molecule has 1 aromatic carbocycles. The third-order valence-corrected chi connectivity index (χ3v) is 4.38. The van der Waals surface area contributed by atoms with E-state index in [0.29, 0.717) is 0 Å². The van der Waals surface area contributed by atoms with Gasteiger partial charge in [-0.15, -0.1) is 0 Å². The molecule has 9 heavy (non-hydrogen) atoms. The molecule has 0 fully saturated rings. The van der Waals surface area contributed by atoms with E-state index < -0.39 is 19.8 Å². The number of alkyl halides is 2. The summed E-state index contributed by atoms with van der Waals surface area (Å²) in [7, 11) is 0. The molecular weight excluding hydrogens is 223 g/mol. The number of halogens is 1. The van der Waals surface area contributed by atoms with Gasteiger partial charge in [0.15, 0.2) is 0 Å². The van der Waals surface area contributed by atoms with E-state index in [4.69, 9.17) is 0 Å². The molecule has 50 valence electrons. The van der Waals surface area contributed by atoms with Crippen molar-refractivity contribution in [3.63, 3.8) is 0 Å². The third kappa shape index (κ3) is 1.97. The molecule has 0 saturated carbocycles. The van der Waals surface area contributed by atoms with Gasteiger partial charge in [0, 0.05) is 0 Å². The third-order valence-electron chi connectivity index (χ3n) is 1.17. The van der Waals surface area contributed by atoms with Crippen molar-refractivity contribution in [2.24, 2.45) is 0 Å². The summed E-state index contributed by atoms with van der Waals surface area (Å²) in [5.41, 5.74) is 0. The first-order valence-electron chi connectivity index (χ1n) is 2.86. The molecule has 0 spiro atoms. The van der Waals surface area contributed by atoms with E-state index in [-0.39, 0.29) is 0 Å². The zero-order chi connectivity index (χ0) is 6.69. The van der Waals surface area contributed by atoms with Crippen molar-refractivity contribution < 1.29 is 0 Å². The fourth-order valence-electron chi connectivity index (χ4n) is 0.667. The summed E-state index contributed by atoms with van der Waals surface area (Å²) >= 11 is -0.681. The number of benzene rings is 1. The Morgan fingerprint density at radius 2 is 1.56 bits per heavy atom. The molecule has 0 saturated heterocycles. The zero-order valence-electron chi connectivity index (χ0n) is 5.76. The van der Waals surface area contributed by atoms with Gasteiger partial charge in [0.25, 0.3) is 0 Å². The SMILES string of the molecule is CI(C)c1ccccc1. The van der Waals surface area contributed by atoms with Crippen molar-refractivity contribution in [1.29, 1.82) is 0 Å².